The van der Waals surface area contributed by atoms with E-state index in [1.807, 2.05) is 0 Å². The lowest BCUT2D eigenvalue weighted by Crippen LogP contribution is -2.52. The van der Waals surface area contributed by atoms with Gasteiger partial charge in [0.2, 0.25) is 11.2 Å². The Hall–Kier alpha value is -1.67. The molecule has 0 bridgehead atoms. The van der Waals surface area contributed by atoms with Crippen LogP contribution >= 0.6 is 23.2 Å². The average Bonchev–Trinajstić information content (AvgIpc) is 2.74. The number of amides is 1. The Balaban J connectivity index is 1.63. The van der Waals surface area contributed by atoms with Crippen LogP contribution in [0.5, 0.6) is 0 Å². The summed E-state index contributed by atoms with van der Waals surface area (Å²) < 4.78 is 5.49. The van der Waals surface area contributed by atoms with E-state index in [0.717, 1.165) is 31.2 Å². The number of methoxy groups -OCH3 is 1. The molecule has 176 valence electrons. The van der Waals surface area contributed by atoms with Crippen molar-refractivity contribution in [2.24, 2.45) is 5.92 Å². The van der Waals surface area contributed by atoms with Crippen LogP contribution < -0.4 is 10.6 Å². The summed E-state index contributed by atoms with van der Waals surface area (Å²) in [5.41, 5.74) is 0.668. The molecular weight excluding hydrogens is 449 g/mol. The van der Waals surface area contributed by atoms with Crippen molar-refractivity contribution in [2.75, 3.05) is 32.1 Å². The first-order valence-electron chi connectivity index (χ1n) is 11.2. The van der Waals surface area contributed by atoms with Crippen LogP contribution in [0.15, 0.2) is 18.2 Å². The van der Waals surface area contributed by atoms with Gasteiger partial charge in [0.1, 0.15) is 5.82 Å². The average molecular weight is 482 g/mol. The molecular formula is C23H33Cl2N5O2. The largest absolute Gasteiger partial charge is 0.384 e. The second-order valence-corrected chi connectivity index (χ2v) is 9.41. The van der Waals surface area contributed by atoms with Crippen molar-refractivity contribution < 1.29 is 9.53 Å². The maximum absolute atomic E-state index is 12.8. The lowest BCUT2D eigenvalue weighted by molar-refractivity contribution is -0.121. The minimum atomic E-state index is -0.0873. The van der Waals surface area contributed by atoms with Crippen molar-refractivity contribution in [3.63, 3.8) is 0 Å². The quantitative estimate of drug-likeness (QED) is 0.517. The lowest BCUT2D eigenvalue weighted by Gasteiger charge is -2.42. The second-order valence-electron chi connectivity index (χ2n) is 8.64. The van der Waals surface area contributed by atoms with Gasteiger partial charge in [0.15, 0.2) is 0 Å². The normalized spacial score (nSPS) is 21.3. The van der Waals surface area contributed by atoms with Gasteiger partial charge in [-0.2, -0.15) is 0 Å². The summed E-state index contributed by atoms with van der Waals surface area (Å²) in [5.74, 6) is 0.685. The number of nitrogens with zero attached hydrogens (tertiary/aromatic N) is 3. The van der Waals surface area contributed by atoms with Gasteiger partial charge < -0.3 is 15.4 Å². The van der Waals surface area contributed by atoms with Gasteiger partial charge in [0, 0.05) is 41.6 Å². The number of carbonyl (C=O) groups is 1. The third kappa shape index (κ3) is 6.22. The highest BCUT2D eigenvalue weighted by molar-refractivity contribution is 6.31. The zero-order valence-corrected chi connectivity index (χ0v) is 20.7. The summed E-state index contributed by atoms with van der Waals surface area (Å²) in [4.78, 5) is 23.8. The monoisotopic (exact) mass is 481 g/mol. The van der Waals surface area contributed by atoms with Crippen molar-refractivity contribution in [1.82, 2.24) is 20.2 Å². The highest BCUT2D eigenvalue weighted by atomic mass is 35.5. The van der Waals surface area contributed by atoms with Crippen LogP contribution in [-0.2, 0) is 9.53 Å². The SMILES string of the molecule is CCN(C(C)C)C1CCC(NC(=O)CNc2nc(Cl)nc3ccc(Cl)cc23)C(COC)C1. The van der Waals surface area contributed by atoms with Crippen molar-refractivity contribution >= 4 is 45.8 Å². The molecule has 1 aliphatic carbocycles. The Bertz CT molecular complexity index is 927. The molecule has 3 atom stereocenters. The molecule has 0 spiro atoms. The van der Waals surface area contributed by atoms with Crippen molar-refractivity contribution in [2.45, 2.75) is 58.2 Å². The van der Waals surface area contributed by atoms with Crippen LogP contribution in [0, 0.1) is 5.92 Å². The van der Waals surface area contributed by atoms with Gasteiger partial charge in [-0.3, -0.25) is 9.69 Å². The Morgan fingerprint density at radius 3 is 2.75 bits per heavy atom. The Morgan fingerprint density at radius 2 is 2.06 bits per heavy atom. The molecule has 2 N–H and O–H groups in total. The maximum atomic E-state index is 12.8. The summed E-state index contributed by atoms with van der Waals surface area (Å²) in [6.07, 6.45) is 3.02. The van der Waals surface area contributed by atoms with E-state index in [2.05, 4.69) is 46.3 Å². The molecule has 1 fully saturated rings. The standard InChI is InChI=1S/C23H33Cl2N5O2/c1-5-30(14(2)3)17-7-9-19(15(10-17)13-32-4)27-21(31)12-26-22-18-11-16(24)6-8-20(18)28-23(25)29-22/h6,8,11,14-15,17,19H,5,7,9-10,12-13H2,1-4H3,(H,27,31)(H,26,28,29). The van der Waals surface area contributed by atoms with E-state index in [-0.39, 0.29) is 29.7 Å². The number of aromatic nitrogens is 2. The van der Waals surface area contributed by atoms with Crippen molar-refractivity contribution in [3.05, 3.63) is 28.5 Å². The van der Waals surface area contributed by atoms with E-state index in [1.165, 1.54) is 0 Å². The summed E-state index contributed by atoms with van der Waals surface area (Å²) in [6.45, 7) is 8.44. The number of hydrogen-bond acceptors (Lipinski definition) is 6. The number of fused-ring (bicyclic) bond motifs is 1. The maximum Gasteiger partial charge on any atom is 0.239 e. The zero-order chi connectivity index (χ0) is 23.3. The number of anilines is 1. The van der Waals surface area contributed by atoms with Gasteiger partial charge in [0.25, 0.3) is 0 Å². The first-order valence-corrected chi connectivity index (χ1v) is 12.0. The molecule has 32 heavy (non-hydrogen) atoms. The van der Waals surface area contributed by atoms with E-state index >= 15 is 0 Å². The van der Waals surface area contributed by atoms with Gasteiger partial charge >= 0.3 is 0 Å². The molecule has 0 saturated heterocycles. The van der Waals surface area contributed by atoms with E-state index in [1.54, 1.807) is 25.3 Å². The molecule has 3 rings (SSSR count). The number of hydrogen-bond donors (Lipinski definition) is 2. The summed E-state index contributed by atoms with van der Waals surface area (Å²) >= 11 is 12.2. The molecule has 3 unspecified atom stereocenters. The van der Waals surface area contributed by atoms with Crippen LogP contribution in [-0.4, -0.2) is 65.7 Å². The first-order chi connectivity index (χ1) is 15.3. The van der Waals surface area contributed by atoms with E-state index < -0.39 is 0 Å². The number of carbonyl (C=O) groups excluding carboxylic acids is 1. The fourth-order valence-corrected chi connectivity index (χ4v) is 5.15. The van der Waals surface area contributed by atoms with Gasteiger partial charge in [0.05, 0.1) is 18.7 Å². The third-order valence-electron chi connectivity index (χ3n) is 6.23. The molecule has 1 aromatic carbocycles. The Kier molecular flexibility index (Phi) is 8.94. The lowest BCUT2D eigenvalue weighted by atomic mass is 9.80. The molecule has 1 heterocycles. The molecule has 7 nitrogen and oxygen atoms in total. The summed E-state index contributed by atoms with van der Waals surface area (Å²) in [7, 11) is 1.72. The first kappa shape index (κ1) is 25.0. The highest BCUT2D eigenvalue weighted by Crippen LogP contribution is 2.30. The Morgan fingerprint density at radius 1 is 1.28 bits per heavy atom. The van der Waals surface area contributed by atoms with E-state index in [4.69, 9.17) is 27.9 Å². The van der Waals surface area contributed by atoms with Crippen molar-refractivity contribution in [1.29, 1.82) is 0 Å². The molecule has 1 saturated carbocycles. The fraction of sp³-hybridized carbons (Fsp3) is 0.609. The van der Waals surface area contributed by atoms with Crippen LogP contribution in [0.4, 0.5) is 5.82 Å². The van der Waals surface area contributed by atoms with Crippen LogP contribution in [0.3, 0.4) is 0 Å². The molecule has 0 aliphatic heterocycles. The number of nitrogens with one attached hydrogen (secondary N) is 2. The molecule has 9 heteroatoms. The van der Waals surface area contributed by atoms with E-state index in [0.29, 0.717) is 35.0 Å². The topological polar surface area (TPSA) is 79.4 Å². The molecule has 1 aromatic heterocycles. The number of ether oxygens (including phenoxy) is 1. The van der Waals surface area contributed by atoms with E-state index in [9.17, 15) is 4.79 Å². The van der Waals surface area contributed by atoms with Crippen LogP contribution in [0.2, 0.25) is 10.3 Å². The van der Waals surface area contributed by atoms with Gasteiger partial charge in [-0.1, -0.05) is 18.5 Å². The Labute approximate surface area is 200 Å². The number of halogens is 2. The second kappa shape index (κ2) is 11.5. The zero-order valence-electron chi connectivity index (χ0n) is 19.2. The number of rotatable bonds is 9. The predicted molar refractivity (Wildman–Crippen MR) is 130 cm³/mol. The van der Waals surface area contributed by atoms with Gasteiger partial charge in [-0.15, -0.1) is 0 Å². The molecule has 2 aromatic rings. The van der Waals surface area contributed by atoms with Gasteiger partial charge in [-0.25, -0.2) is 9.97 Å². The minimum Gasteiger partial charge on any atom is -0.384 e. The van der Waals surface area contributed by atoms with Crippen molar-refractivity contribution in [3.8, 4) is 0 Å². The minimum absolute atomic E-state index is 0.0850. The third-order valence-corrected chi connectivity index (χ3v) is 6.63. The van der Waals surface area contributed by atoms with Crippen LogP contribution in [0.25, 0.3) is 10.9 Å². The number of benzene rings is 1. The molecule has 0 radical (unpaired) electrons. The summed E-state index contributed by atoms with van der Waals surface area (Å²) in [6, 6.07) is 6.40. The molecule has 1 aliphatic rings. The smallest absolute Gasteiger partial charge is 0.239 e. The molecule has 1 amide bonds. The van der Waals surface area contributed by atoms with Gasteiger partial charge in [-0.05, 0) is 69.5 Å². The van der Waals surface area contributed by atoms with Crippen LogP contribution in [0.1, 0.15) is 40.0 Å². The fourth-order valence-electron chi connectivity index (χ4n) is 4.80. The summed E-state index contributed by atoms with van der Waals surface area (Å²) in [5, 5.41) is 7.71. The predicted octanol–water partition coefficient (Wildman–Crippen LogP) is 4.38. The highest BCUT2D eigenvalue weighted by Gasteiger charge is 2.34.